The summed E-state index contributed by atoms with van der Waals surface area (Å²) in [4.78, 5) is 47.8. The summed E-state index contributed by atoms with van der Waals surface area (Å²) in [6.07, 6.45) is 7.03. The molecular weight excluding hydrogens is 455 g/mol. The van der Waals surface area contributed by atoms with Crippen LogP contribution >= 0.6 is 11.3 Å². The lowest BCUT2D eigenvalue weighted by atomic mass is 9.88. The van der Waals surface area contributed by atoms with Crippen molar-refractivity contribution < 1.29 is 18.8 Å². The Hall–Kier alpha value is -2.65. The molecule has 1 aromatic heterocycles. The highest BCUT2D eigenvalue weighted by Crippen LogP contribution is 2.33. The first kappa shape index (κ1) is 23.1. The van der Waals surface area contributed by atoms with Crippen LogP contribution in [0.1, 0.15) is 64.2 Å². The van der Waals surface area contributed by atoms with Crippen molar-refractivity contribution >= 4 is 34.1 Å². The first-order chi connectivity index (χ1) is 16.5. The minimum atomic E-state index is -0.498. The number of nitrogens with one attached hydrogen (secondary N) is 1. The zero-order valence-corrected chi connectivity index (χ0v) is 19.9. The molecule has 1 saturated heterocycles. The summed E-state index contributed by atoms with van der Waals surface area (Å²) in [7, 11) is 0. The number of Topliss-reactive ketones (excluding diaryl/α,β-unsaturated/α-hetero) is 1. The number of nitrogens with zero attached hydrogens (tertiary/aromatic N) is 3. The van der Waals surface area contributed by atoms with Gasteiger partial charge in [0.05, 0.1) is 16.5 Å². The van der Waals surface area contributed by atoms with E-state index in [1.54, 1.807) is 0 Å². The fourth-order valence-electron chi connectivity index (χ4n) is 5.37. The Bertz CT molecular complexity index is 1090. The number of rotatable bonds is 4. The third-order valence-corrected chi connectivity index (χ3v) is 8.25. The maximum absolute atomic E-state index is 13.4. The molecule has 0 radical (unpaired) electrons. The monoisotopic (exact) mass is 484 g/mol. The molecule has 180 valence electrons. The van der Waals surface area contributed by atoms with Crippen LogP contribution in [0.15, 0.2) is 24.3 Å². The van der Waals surface area contributed by atoms with Gasteiger partial charge in [-0.2, -0.15) is 0 Å². The molecule has 1 atom stereocenters. The summed E-state index contributed by atoms with van der Waals surface area (Å²) in [5.74, 6) is -1.47. The molecule has 1 aliphatic heterocycles. The fourth-order valence-corrected chi connectivity index (χ4v) is 6.31. The molecule has 5 rings (SSSR count). The number of aromatic nitrogens is 1. The third-order valence-electron chi connectivity index (χ3n) is 7.20. The summed E-state index contributed by atoms with van der Waals surface area (Å²) in [5, 5.41) is 2.95. The predicted octanol–water partition coefficient (Wildman–Crippen LogP) is 3.76. The maximum Gasteiger partial charge on any atom is 0.257 e. The van der Waals surface area contributed by atoms with E-state index in [2.05, 4.69) is 15.2 Å². The van der Waals surface area contributed by atoms with Crippen LogP contribution in [-0.2, 0) is 11.2 Å². The van der Waals surface area contributed by atoms with Gasteiger partial charge in [0.2, 0.25) is 5.91 Å². The summed E-state index contributed by atoms with van der Waals surface area (Å²) < 4.78 is 13.4. The van der Waals surface area contributed by atoms with E-state index < -0.39 is 17.6 Å². The minimum Gasteiger partial charge on any atom is -0.340 e. The number of carbonyl (C=O) groups is 3. The smallest absolute Gasteiger partial charge is 0.257 e. The van der Waals surface area contributed by atoms with Crippen LogP contribution in [0, 0.1) is 11.7 Å². The second-order valence-electron chi connectivity index (χ2n) is 9.44. The molecule has 1 aromatic carbocycles. The molecule has 2 heterocycles. The van der Waals surface area contributed by atoms with Gasteiger partial charge in [0.15, 0.2) is 10.9 Å². The van der Waals surface area contributed by atoms with Crippen molar-refractivity contribution in [2.24, 2.45) is 5.92 Å². The van der Waals surface area contributed by atoms with Gasteiger partial charge in [-0.3, -0.25) is 24.6 Å². The topological polar surface area (TPSA) is 82.6 Å². The van der Waals surface area contributed by atoms with Crippen LogP contribution in [0.2, 0.25) is 0 Å². The molecule has 2 fully saturated rings. The molecular formula is C25H29FN4O3S. The molecule has 3 aliphatic rings. The van der Waals surface area contributed by atoms with Gasteiger partial charge in [0.1, 0.15) is 5.82 Å². The van der Waals surface area contributed by atoms with Gasteiger partial charge in [0.25, 0.3) is 5.91 Å². The SMILES string of the molecule is O=C(Nc1nc2c(s1)C(=O)CC(C(=O)N1CCN(C3CCCCC3)CC1)C2)c1cccc(F)c1. The van der Waals surface area contributed by atoms with Gasteiger partial charge >= 0.3 is 0 Å². The lowest BCUT2D eigenvalue weighted by Crippen LogP contribution is -2.54. The van der Waals surface area contributed by atoms with Crippen LogP contribution in [0.5, 0.6) is 0 Å². The molecule has 34 heavy (non-hydrogen) atoms. The van der Waals surface area contributed by atoms with E-state index in [1.165, 1.54) is 50.3 Å². The predicted molar refractivity (Wildman–Crippen MR) is 128 cm³/mol. The van der Waals surface area contributed by atoms with Crippen molar-refractivity contribution in [3.63, 3.8) is 0 Å². The summed E-state index contributed by atoms with van der Waals surface area (Å²) in [6.45, 7) is 3.21. The van der Waals surface area contributed by atoms with Crippen LogP contribution in [0.4, 0.5) is 9.52 Å². The lowest BCUT2D eigenvalue weighted by molar-refractivity contribution is -0.137. The number of hydrogen-bond donors (Lipinski definition) is 1. The van der Waals surface area contributed by atoms with E-state index in [1.807, 2.05) is 4.90 Å². The summed E-state index contributed by atoms with van der Waals surface area (Å²) in [5.41, 5.74) is 0.745. The maximum atomic E-state index is 13.4. The Labute approximate surface area is 202 Å². The number of fused-ring (bicyclic) bond motifs is 1. The molecule has 0 bridgehead atoms. The summed E-state index contributed by atoms with van der Waals surface area (Å²) >= 11 is 1.12. The fraction of sp³-hybridized carbons (Fsp3) is 0.520. The zero-order valence-electron chi connectivity index (χ0n) is 19.1. The number of hydrogen-bond acceptors (Lipinski definition) is 6. The molecule has 1 saturated carbocycles. The number of piperazine rings is 1. The van der Waals surface area contributed by atoms with Gasteiger partial charge < -0.3 is 4.90 Å². The van der Waals surface area contributed by atoms with Crippen LogP contribution in [0.3, 0.4) is 0 Å². The van der Waals surface area contributed by atoms with E-state index in [-0.39, 0.29) is 23.7 Å². The van der Waals surface area contributed by atoms with Gasteiger partial charge in [-0.1, -0.05) is 36.7 Å². The highest BCUT2D eigenvalue weighted by Gasteiger charge is 2.36. The van der Waals surface area contributed by atoms with E-state index in [0.29, 0.717) is 41.3 Å². The van der Waals surface area contributed by atoms with Crippen LogP contribution in [-0.4, -0.2) is 64.6 Å². The van der Waals surface area contributed by atoms with Crippen molar-refractivity contribution in [1.29, 1.82) is 0 Å². The molecule has 2 amide bonds. The van der Waals surface area contributed by atoms with E-state index in [9.17, 15) is 18.8 Å². The Morgan fingerprint density at radius 2 is 1.82 bits per heavy atom. The van der Waals surface area contributed by atoms with Crippen molar-refractivity contribution in [3.8, 4) is 0 Å². The van der Waals surface area contributed by atoms with E-state index in [4.69, 9.17) is 0 Å². The Balaban J connectivity index is 1.20. The van der Waals surface area contributed by atoms with Crippen molar-refractivity contribution in [1.82, 2.24) is 14.8 Å². The summed E-state index contributed by atoms with van der Waals surface area (Å²) in [6, 6.07) is 6.05. The average Bonchev–Trinajstić information content (AvgIpc) is 3.27. The second kappa shape index (κ2) is 9.92. The molecule has 1 unspecified atom stereocenters. The van der Waals surface area contributed by atoms with Gasteiger partial charge in [-0.05, 0) is 31.0 Å². The number of carbonyl (C=O) groups excluding carboxylic acids is 3. The standard InChI is InChI=1S/C25H29FN4O3S/c26-18-6-4-5-16(13-18)23(32)28-25-27-20-14-17(15-21(31)22(20)34-25)24(33)30-11-9-29(10-12-30)19-7-2-1-3-8-19/h4-6,13,17,19H,1-3,7-12,14-15H2,(H,27,28,32). The number of thiazole rings is 1. The van der Waals surface area contributed by atoms with Gasteiger partial charge in [-0.15, -0.1) is 0 Å². The Kier molecular flexibility index (Phi) is 6.74. The van der Waals surface area contributed by atoms with E-state index >= 15 is 0 Å². The highest BCUT2D eigenvalue weighted by atomic mass is 32.1. The van der Waals surface area contributed by atoms with Crippen LogP contribution < -0.4 is 5.32 Å². The minimum absolute atomic E-state index is 0.0284. The number of benzene rings is 1. The Morgan fingerprint density at radius 3 is 2.56 bits per heavy atom. The Morgan fingerprint density at radius 1 is 1.06 bits per heavy atom. The number of ketones is 1. The highest BCUT2D eigenvalue weighted by molar-refractivity contribution is 7.17. The molecule has 7 nitrogen and oxygen atoms in total. The van der Waals surface area contributed by atoms with Crippen molar-refractivity contribution in [2.75, 3.05) is 31.5 Å². The first-order valence-electron chi connectivity index (χ1n) is 12.1. The molecule has 0 spiro atoms. The molecule has 1 N–H and O–H groups in total. The second-order valence-corrected chi connectivity index (χ2v) is 10.4. The van der Waals surface area contributed by atoms with Crippen molar-refractivity contribution in [3.05, 3.63) is 46.2 Å². The van der Waals surface area contributed by atoms with Crippen LogP contribution in [0.25, 0.3) is 0 Å². The van der Waals surface area contributed by atoms with E-state index in [0.717, 1.165) is 30.5 Å². The lowest BCUT2D eigenvalue weighted by Gasteiger charge is -2.41. The quantitative estimate of drug-likeness (QED) is 0.715. The number of anilines is 1. The average molecular weight is 485 g/mol. The first-order valence-corrected chi connectivity index (χ1v) is 12.9. The van der Waals surface area contributed by atoms with Gasteiger partial charge in [-0.25, -0.2) is 9.37 Å². The largest absolute Gasteiger partial charge is 0.340 e. The normalized spacial score (nSPS) is 21.9. The molecule has 2 aromatic rings. The van der Waals surface area contributed by atoms with Gasteiger partial charge in [0, 0.05) is 50.6 Å². The van der Waals surface area contributed by atoms with Crippen molar-refractivity contribution in [2.45, 2.75) is 51.0 Å². The third kappa shape index (κ3) is 4.90. The number of amides is 2. The zero-order chi connectivity index (χ0) is 23.7. The molecule has 2 aliphatic carbocycles. The number of halogens is 1. The molecule has 9 heteroatoms.